The third kappa shape index (κ3) is 4.18. The minimum atomic E-state index is -0.304. The Balaban J connectivity index is 1.44. The van der Waals surface area contributed by atoms with Gasteiger partial charge in [0, 0.05) is 35.1 Å². The lowest BCUT2D eigenvalue weighted by Crippen LogP contribution is -2.29. The van der Waals surface area contributed by atoms with E-state index in [4.69, 9.17) is 27.6 Å². The first kappa shape index (κ1) is 18.9. The molecule has 0 atom stereocenters. The van der Waals surface area contributed by atoms with Crippen LogP contribution in [0.15, 0.2) is 59.0 Å². The molecule has 0 aliphatic carbocycles. The normalized spacial score (nSPS) is 14.1. The van der Waals surface area contributed by atoms with Crippen molar-refractivity contribution in [3.05, 3.63) is 70.4 Å². The first-order valence-corrected chi connectivity index (χ1v) is 10.1. The third-order valence-electron chi connectivity index (χ3n) is 4.87. The van der Waals surface area contributed by atoms with Crippen LogP contribution in [-0.2, 0) is 0 Å². The Morgan fingerprint density at radius 3 is 2.39 bits per heavy atom. The van der Waals surface area contributed by atoms with Crippen LogP contribution in [0.1, 0.15) is 29.8 Å². The highest BCUT2D eigenvalue weighted by Gasteiger charge is 2.15. The molecule has 1 aliphatic heterocycles. The maximum Gasteiger partial charge on any atom is 0.291 e. The Bertz CT molecular complexity index is 976. The monoisotopic (exact) mass is 414 g/mol. The van der Waals surface area contributed by atoms with E-state index in [1.807, 2.05) is 24.3 Å². The van der Waals surface area contributed by atoms with Crippen molar-refractivity contribution < 1.29 is 9.21 Å². The molecule has 6 heteroatoms. The summed E-state index contributed by atoms with van der Waals surface area (Å²) >= 11 is 12.1. The van der Waals surface area contributed by atoms with E-state index in [2.05, 4.69) is 10.2 Å². The zero-order valence-corrected chi connectivity index (χ0v) is 16.8. The standard InChI is InChI=1S/C22H20Cl2N2O2/c23-15-4-9-18(19(24)14-15)20-10-11-21(28-20)22(27)25-16-5-7-17(8-6-16)26-12-2-1-3-13-26/h4-11,14H,1-3,12-13H2,(H,25,27). The summed E-state index contributed by atoms with van der Waals surface area (Å²) in [6, 6.07) is 16.4. The third-order valence-corrected chi connectivity index (χ3v) is 5.42. The minimum absolute atomic E-state index is 0.223. The van der Waals surface area contributed by atoms with Crippen molar-refractivity contribution in [1.82, 2.24) is 0 Å². The van der Waals surface area contributed by atoms with Crippen molar-refractivity contribution in [1.29, 1.82) is 0 Å². The number of amides is 1. The van der Waals surface area contributed by atoms with Crippen molar-refractivity contribution in [3.8, 4) is 11.3 Å². The van der Waals surface area contributed by atoms with E-state index in [9.17, 15) is 4.79 Å². The molecule has 0 radical (unpaired) electrons. The number of anilines is 2. The molecule has 4 rings (SSSR count). The van der Waals surface area contributed by atoms with Gasteiger partial charge in [0.2, 0.25) is 0 Å². The number of hydrogen-bond acceptors (Lipinski definition) is 3. The van der Waals surface area contributed by atoms with Crippen LogP contribution >= 0.6 is 23.2 Å². The summed E-state index contributed by atoms with van der Waals surface area (Å²) in [4.78, 5) is 14.9. The fourth-order valence-electron chi connectivity index (χ4n) is 3.39. The van der Waals surface area contributed by atoms with Gasteiger partial charge in [-0.2, -0.15) is 0 Å². The molecule has 3 aromatic rings. The molecule has 0 bridgehead atoms. The molecule has 0 saturated carbocycles. The fourth-order valence-corrected chi connectivity index (χ4v) is 3.90. The number of benzene rings is 2. The van der Waals surface area contributed by atoms with Gasteiger partial charge in [0.05, 0.1) is 5.02 Å². The summed E-state index contributed by atoms with van der Waals surface area (Å²) in [5.41, 5.74) is 2.61. The molecule has 0 spiro atoms. The number of hydrogen-bond donors (Lipinski definition) is 1. The highest BCUT2D eigenvalue weighted by molar-refractivity contribution is 6.36. The van der Waals surface area contributed by atoms with E-state index in [-0.39, 0.29) is 11.7 Å². The number of piperidine rings is 1. The number of rotatable bonds is 4. The van der Waals surface area contributed by atoms with E-state index in [0.717, 1.165) is 18.8 Å². The number of halogens is 2. The van der Waals surface area contributed by atoms with Crippen LogP contribution < -0.4 is 10.2 Å². The number of furan rings is 1. The maximum atomic E-state index is 12.5. The van der Waals surface area contributed by atoms with Gasteiger partial charge in [-0.3, -0.25) is 4.79 Å². The molecule has 2 heterocycles. The molecule has 144 valence electrons. The van der Waals surface area contributed by atoms with E-state index >= 15 is 0 Å². The Hall–Kier alpha value is -2.43. The van der Waals surface area contributed by atoms with E-state index in [1.165, 1.54) is 24.9 Å². The molecule has 1 amide bonds. The van der Waals surface area contributed by atoms with Gasteiger partial charge in [-0.15, -0.1) is 0 Å². The number of nitrogens with zero attached hydrogens (tertiary/aromatic N) is 1. The van der Waals surface area contributed by atoms with E-state index in [0.29, 0.717) is 21.4 Å². The molecule has 1 fully saturated rings. The van der Waals surface area contributed by atoms with Crippen molar-refractivity contribution in [3.63, 3.8) is 0 Å². The Labute approximate surface area is 174 Å². The van der Waals surface area contributed by atoms with Crippen LogP contribution in [0.3, 0.4) is 0 Å². The van der Waals surface area contributed by atoms with Gasteiger partial charge in [0.25, 0.3) is 5.91 Å². The second-order valence-electron chi connectivity index (χ2n) is 6.84. The van der Waals surface area contributed by atoms with E-state index in [1.54, 1.807) is 30.3 Å². The predicted molar refractivity (Wildman–Crippen MR) is 115 cm³/mol. The summed E-state index contributed by atoms with van der Waals surface area (Å²) in [7, 11) is 0. The summed E-state index contributed by atoms with van der Waals surface area (Å²) in [6.45, 7) is 2.18. The molecule has 1 N–H and O–H groups in total. The van der Waals surface area contributed by atoms with Gasteiger partial charge < -0.3 is 14.6 Å². The topological polar surface area (TPSA) is 45.5 Å². The molecule has 0 unspecified atom stereocenters. The molecule has 1 aromatic heterocycles. The Morgan fingerprint density at radius 1 is 0.929 bits per heavy atom. The van der Waals surface area contributed by atoms with Crippen LogP contribution in [0, 0.1) is 0 Å². The van der Waals surface area contributed by atoms with Gasteiger partial charge in [0.15, 0.2) is 5.76 Å². The first-order chi connectivity index (χ1) is 13.6. The van der Waals surface area contributed by atoms with Crippen LogP contribution in [0.25, 0.3) is 11.3 Å². The van der Waals surface area contributed by atoms with E-state index < -0.39 is 0 Å². The average Bonchev–Trinajstić information content (AvgIpc) is 3.19. The van der Waals surface area contributed by atoms with Gasteiger partial charge in [0.1, 0.15) is 5.76 Å². The summed E-state index contributed by atoms with van der Waals surface area (Å²) in [6.07, 6.45) is 3.77. The van der Waals surface area contributed by atoms with Crippen molar-refractivity contribution in [2.75, 3.05) is 23.3 Å². The second-order valence-corrected chi connectivity index (χ2v) is 7.68. The first-order valence-electron chi connectivity index (χ1n) is 9.32. The molecular weight excluding hydrogens is 395 g/mol. The quantitative estimate of drug-likeness (QED) is 0.529. The summed E-state index contributed by atoms with van der Waals surface area (Å²) < 4.78 is 5.70. The molecule has 2 aromatic carbocycles. The van der Waals surface area contributed by atoms with Crippen molar-refractivity contribution in [2.45, 2.75) is 19.3 Å². The zero-order chi connectivity index (χ0) is 19.5. The summed E-state index contributed by atoms with van der Waals surface area (Å²) in [5, 5.41) is 3.89. The molecule has 28 heavy (non-hydrogen) atoms. The highest BCUT2D eigenvalue weighted by Crippen LogP contribution is 2.31. The largest absolute Gasteiger partial charge is 0.451 e. The van der Waals surface area contributed by atoms with Crippen LogP contribution in [0.4, 0.5) is 11.4 Å². The minimum Gasteiger partial charge on any atom is -0.451 e. The lowest BCUT2D eigenvalue weighted by molar-refractivity contribution is 0.0997. The average molecular weight is 415 g/mol. The maximum absolute atomic E-state index is 12.5. The number of nitrogens with one attached hydrogen (secondary N) is 1. The predicted octanol–water partition coefficient (Wildman–Crippen LogP) is 6.50. The SMILES string of the molecule is O=C(Nc1ccc(N2CCCCC2)cc1)c1ccc(-c2ccc(Cl)cc2Cl)o1. The zero-order valence-electron chi connectivity index (χ0n) is 15.3. The van der Waals surface area contributed by atoms with Crippen molar-refractivity contribution in [2.24, 2.45) is 0 Å². The lowest BCUT2D eigenvalue weighted by atomic mass is 10.1. The van der Waals surface area contributed by atoms with Gasteiger partial charge in [-0.25, -0.2) is 0 Å². The van der Waals surface area contributed by atoms with Gasteiger partial charge in [-0.1, -0.05) is 23.2 Å². The summed E-state index contributed by atoms with van der Waals surface area (Å²) in [5.74, 6) is 0.440. The van der Waals surface area contributed by atoms with Crippen molar-refractivity contribution >= 4 is 40.5 Å². The highest BCUT2D eigenvalue weighted by atomic mass is 35.5. The second kappa shape index (κ2) is 8.29. The molecule has 1 aliphatic rings. The lowest BCUT2D eigenvalue weighted by Gasteiger charge is -2.28. The van der Waals surface area contributed by atoms with Crippen LogP contribution in [0.5, 0.6) is 0 Å². The number of carbonyl (C=O) groups is 1. The Morgan fingerprint density at radius 2 is 1.68 bits per heavy atom. The van der Waals surface area contributed by atoms with Crippen LogP contribution in [0.2, 0.25) is 10.0 Å². The Kier molecular flexibility index (Phi) is 5.60. The molecule has 1 saturated heterocycles. The van der Waals surface area contributed by atoms with Gasteiger partial charge in [-0.05, 0) is 73.9 Å². The number of carbonyl (C=O) groups excluding carboxylic acids is 1. The fraction of sp³-hybridized carbons (Fsp3) is 0.227. The molecule has 4 nitrogen and oxygen atoms in total. The smallest absolute Gasteiger partial charge is 0.291 e. The molecular formula is C22H20Cl2N2O2. The van der Waals surface area contributed by atoms with Gasteiger partial charge >= 0.3 is 0 Å². The van der Waals surface area contributed by atoms with Crippen LogP contribution in [-0.4, -0.2) is 19.0 Å².